The van der Waals surface area contributed by atoms with E-state index in [1.54, 1.807) is 0 Å². The molecule has 3 rings (SSSR count). The van der Waals surface area contributed by atoms with Gasteiger partial charge in [0.25, 0.3) is 5.79 Å². The van der Waals surface area contributed by atoms with E-state index in [-0.39, 0.29) is 23.8 Å². The van der Waals surface area contributed by atoms with E-state index in [0.717, 1.165) is 22.4 Å². The molecule has 0 aromatic heterocycles. The van der Waals surface area contributed by atoms with Gasteiger partial charge >= 0.3 is 6.03 Å². The van der Waals surface area contributed by atoms with Crippen LogP contribution in [-0.2, 0) is 0 Å². The predicted octanol–water partition coefficient (Wildman–Crippen LogP) is 6.35. The smallest absolute Gasteiger partial charge is 0.307 e. The fraction of sp³-hybridized carbons (Fsp3) is 0.409. The van der Waals surface area contributed by atoms with Crippen molar-refractivity contribution in [2.24, 2.45) is 20.7 Å². The Hall–Kier alpha value is -3.09. The van der Waals surface area contributed by atoms with Crippen molar-refractivity contribution in [2.75, 3.05) is 5.32 Å². The Morgan fingerprint density at radius 3 is 1.90 bits per heavy atom. The van der Waals surface area contributed by atoms with Gasteiger partial charge in [0.2, 0.25) is 0 Å². The second-order valence-corrected chi connectivity index (χ2v) is 7.94. The van der Waals surface area contributed by atoms with Gasteiger partial charge in [0.1, 0.15) is 0 Å². The van der Waals surface area contributed by atoms with Crippen molar-refractivity contribution in [3.63, 3.8) is 0 Å². The van der Waals surface area contributed by atoms with Crippen LogP contribution in [0, 0.1) is 0 Å². The molecule has 0 fully saturated rings. The molecule has 2 N–H and O–H groups in total. The second kappa shape index (κ2) is 8.51. The van der Waals surface area contributed by atoms with Crippen LogP contribution in [0.2, 0.25) is 0 Å². The molecule has 0 bridgehead atoms. The number of hydrogen-bond acceptors (Lipinski definition) is 5. The summed E-state index contributed by atoms with van der Waals surface area (Å²) < 4.78 is 0. The third-order valence-corrected chi connectivity index (χ3v) is 5.25. The summed E-state index contributed by atoms with van der Waals surface area (Å²) >= 11 is 0. The van der Waals surface area contributed by atoms with E-state index < -0.39 is 5.79 Å². The topological polar surface area (TPSA) is 90.6 Å². The van der Waals surface area contributed by atoms with Gasteiger partial charge in [-0.25, -0.2) is 4.79 Å². The number of amides is 2. The molecule has 0 saturated carbocycles. The molecule has 1 unspecified atom stereocenters. The molecule has 1 atom stereocenters. The molecule has 2 amide bonds. The molecule has 1 aliphatic rings. The molecular formula is C22H28N6O. The molecule has 7 nitrogen and oxygen atoms in total. The molecule has 1 heterocycles. The lowest BCUT2D eigenvalue weighted by molar-refractivity contribution is 0.230. The number of rotatable bonds is 6. The van der Waals surface area contributed by atoms with Crippen molar-refractivity contribution in [3.05, 3.63) is 65.2 Å². The van der Waals surface area contributed by atoms with Crippen LogP contribution < -0.4 is 10.6 Å². The second-order valence-electron chi connectivity index (χ2n) is 7.94. The fourth-order valence-corrected chi connectivity index (χ4v) is 3.51. The summed E-state index contributed by atoms with van der Waals surface area (Å²) in [6.45, 7) is 10.4. The number of urea groups is 1. The average molecular weight is 393 g/mol. The van der Waals surface area contributed by atoms with Crippen LogP contribution in [0.3, 0.4) is 0 Å². The van der Waals surface area contributed by atoms with Crippen molar-refractivity contribution >= 4 is 11.7 Å². The van der Waals surface area contributed by atoms with Crippen molar-refractivity contribution in [1.82, 2.24) is 5.32 Å². The Labute approximate surface area is 171 Å². The molecule has 2 aromatic carbocycles. The minimum atomic E-state index is -1.27. The molecule has 0 aliphatic carbocycles. The molecule has 0 spiro atoms. The maximum atomic E-state index is 13.0. The van der Waals surface area contributed by atoms with Gasteiger partial charge in [0.05, 0.1) is 5.92 Å². The first kappa shape index (κ1) is 20.6. The standard InChI is InChI=1S/C22H28N6O/c1-14(2)18-12-9-13-19(15(3)4)20(18)23-21(29)24-22(25-27-28-26-22)16(5)17-10-7-6-8-11-17/h6-16H,1-5H3,(H2,23,24,29). The quantitative estimate of drug-likeness (QED) is 0.589. The van der Waals surface area contributed by atoms with E-state index in [2.05, 4.69) is 59.0 Å². The number of nitrogens with one attached hydrogen (secondary N) is 2. The third kappa shape index (κ3) is 4.34. The molecule has 2 aromatic rings. The fourth-order valence-electron chi connectivity index (χ4n) is 3.51. The lowest BCUT2D eigenvalue weighted by atomic mass is 9.92. The molecule has 152 valence electrons. The first-order chi connectivity index (χ1) is 13.8. The normalized spacial score (nSPS) is 15.7. The molecule has 0 saturated heterocycles. The van der Waals surface area contributed by atoms with Crippen LogP contribution in [0.4, 0.5) is 10.5 Å². The lowest BCUT2D eigenvalue weighted by Crippen LogP contribution is -2.50. The van der Waals surface area contributed by atoms with Crippen LogP contribution >= 0.6 is 0 Å². The summed E-state index contributed by atoms with van der Waals surface area (Å²) in [6, 6.07) is 15.5. The number of anilines is 1. The lowest BCUT2D eigenvalue weighted by Gasteiger charge is -2.29. The summed E-state index contributed by atoms with van der Waals surface area (Å²) in [5.74, 6) is -0.968. The zero-order chi connectivity index (χ0) is 21.0. The summed E-state index contributed by atoms with van der Waals surface area (Å²) in [5, 5.41) is 21.6. The Morgan fingerprint density at radius 1 is 0.828 bits per heavy atom. The highest BCUT2D eigenvalue weighted by molar-refractivity contribution is 5.92. The first-order valence-corrected chi connectivity index (χ1v) is 9.95. The van der Waals surface area contributed by atoms with Crippen molar-refractivity contribution in [2.45, 2.75) is 58.2 Å². The number of para-hydroxylation sites is 1. The van der Waals surface area contributed by atoms with Crippen molar-refractivity contribution < 1.29 is 4.79 Å². The van der Waals surface area contributed by atoms with Crippen LogP contribution in [0.5, 0.6) is 0 Å². The van der Waals surface area contributed by atoms with Crippen molar-refractivity contribution in [1.29, 1.82) is 0 Å². The van der Waals surface area contributed by atoms with Crippen LogP contribution in [0.25, 0.3) is 0 Å². The zero-order valence-electron chi connectivity index (χ0n) is 17.5. The van der Waals surface area contributed by atoms with Gasteiger partial charge in [-0.15, -0.1) is 10.2 Å². The summed E-state index contributed by atoms with van der Waals surface area (Å²) in [7, 11) is 0. The SMILES string of the molecule is CC(C)c1cccc(C(C)C)c1NC(=O)NC1(C(C)c2ccccc2)N=NN=N1. The Morgan fingerprint density at radius 2 is 1.38 bits per heavy atom. The monoisotopic (exact) mass is 392 g/mol. The maximum Gasteiger partial charge on any atom is 0.322 e. The molecular weight excluding hydrogens is 364 g/mol. The van der Waals surface area contributed by atoms with Gasteiger partial charge in [-0.3, -0.25) is 5.32 Å². The summed E-state index contributed by atoms with van der Waals surface area (Å²) in [4.78, 5) is 13.0. The Balaban J connectivity index is 1.88. The van der Waals surface area contributed by atoms with Crippen molar-refractivity contribution in [3.8, 4) is 0 Å². The highest BCUT2D eigenvalue weighted by Crippen LogP contribution is 2.35. The van der Waals surface area contributed by atoms with E-state index >= 15 is 0 Å². The van der Waals surface area contributed by atoms with Crippen LogP contribution in [-0.4, -0.2) is 11.8 Å². The van der Waals surface area contributed by atoms with Gasteiger partial charge in [0, 0.05) is 5.69 Å². The van der Waals surface area contributed by atoms with Gasteiger partial charge in [-0.05, 0) is 39.0 Å². The van der Waals surface area contributed by atoms with E-state index in [1.165, 1.54) is 0 Å². The zero-order valence-corrected chi connectivity index (χ0v) is 17.5. The number of nitrogens with zero attached hydrogens (tertiary/aromatic N) is 4. The van der Waals surface area contributed by atoms with E-state index in [1.807, 2.05) is 55.5 Å². The number of hydrogen-bond donors (Lipinski definition) is 2. The largest absolute Gasteiger partial charge is 0.322 e. The van der Waals surface area contributed by atoms with Crippen LogP contribution in [0.15, 0.2) is 69.2 Å². The number of carbonyl (C=O) groups is 1. The number of benzene rings is 2. The molecule has 7 heteroatoms. The van der Waals surface area contributed by atoms with Gasteiger partial charge in [0.15, 0.2) is 0 Å². The minimum Gasteiger partial charge on any atom is -0.307 e. The van der Waals surface area contributed by atoms with E-state index in [9.17, 15) is 4.79 Å². The highest BCUT2D eigenvalue weighted by Gasteiger charge is 2.42. The number of carbonyl (C=O) groups excluding carboxylic acids is 1. The van der Waals surface area contributed by atoms with E-state index in [0.29, 0.717) is 0 Å². The Bertz CT molecular complexity index is 882. The molecule has 1 aliphatic heterocycles. The molecule has 0 radical (unpaired) electrons. The maximum absolute atomic E-state index is 13.0. The summed E-state index contributed by atoms with van der Waals surface area (Å²) in [5.41, 5.74) is 4.00. The average Bonchev–Trinajstić information content (AvgIpc) is 3.17. The highest BCUT2D eigenvalue weighted by atomic mass is 16.2. The van der Waals surface area contributed by atoms with E-state index in [4.69, 9.17) is 0 Å². The van der Waals surface area contributed by atoms with Gasteiger partial charge < -0.3 is 5.32 Å². The van der Waals surface area contributed by atoms with Gasteiger partial charge in [-0.2, -0.15) is 0 Å². The minimum absolute atomic E-state index is 0.241. The first-order valence-electron chi connectivity index (χ1n) is 9.95. The predicted molar refractivity (Wildman–Crippen MR) is 114 cm³/mol. The van der Waals surface area contributed by atoms with Crippen LogP contribution in [0.1, 0.15) is 69.1 Å². The van der Waals surface area contributed by atoms with Gasteiger partial charge in [-0.1, -0.05) is 83.1 Å². The Kier molecular flexibility index (Phi) is 6.06. The summed E-state index contributed by atoms with van der Waals surface area (Å²) in [6.07, 6.45) is 0. The molecule has 29 heavy (non-hydrogen) atoms. The third-order valence-electron chi connectivity index (χ3n) is 5.25.